The number of rotatable bonds is 6. The average molecular weight is 353 g/mol. The molecule has 0 aromatic heterocycles. The monoisotopic (exact) mass is 353 g/mol. The third kappa shape index (κ3) is 4.80. The first kappa shape index (κ1) is 19.4. The van der Waals surface area contributed by atoms with Crippen molar-refractivity contribution in [1.82, 2.24) is 0 Å². The highest BCUT2D eigenvalue weighted by molar-refractivity contribution is 5.79. The Balaban J connectivity index is 0.000000431. The third-order valence-electron chi connectivity index (χ3n) is 4.10. The normalized spacial score (nSPS) is 11.6. The summed E-state index contributed by atoms with van der Waals surface area (Å²) in [5.74, 6) is -0.980. The molecular weight excluding hydrogens is 330 g/mol. The minimum absolute atomic E-state index is 0.144. The van der Waals surface area contributed by atoms with Gasteiger partial charge < -0.3 is 15.6 Å². The topological polar surface area (TPSA) is 89.6 Å². The summed E-state index contributed by atoms with van der Waals surface area (Å²) in [4.78, 5) is 21.0. The summed E-state index contributed by atoms with van der Waals surface area (Å²) in [5, 5.41) is 7.60. The number of carbonyl (C=O) groups excluding carboxylic acids is 1. The number of esters is 1. The number of carboxylic acids is 1. The van der Waals surface area contributed by atoms with Crippen LogP contribution >= 0.6 is 0 Å². The van der Waals surface area contributed by atoms with Crippen molar-refractivity contribution in [2.24, 2.45) is 5.73 Å². The van der Waals surface area contributed by atoms with Crippen molar-refractivity contribution in [3.05, 3.63) is 72.3 Å². The van der Waals surface area contributed by atoms with Gasteiger partial charge >= 0.3 is 11.9 Å². The number of nitrogens with two attached hydrogens (primary N) is 1. The minimum Gasteiger partial charge on any atom is -0.480 e. The van der Waals surface area contributed by atoms with Gasteiger partial charge in [-0.1, -0.05) is 54.6 Å². The van der Waals surface area contributed by atoms with Crippen LogP contribution in [0.3, 0.4) is 0 Å². The van der Waals surface area contributed by atoms with Gasteiger partial charge in [-0.3, -0.25) is 9.59 Å². The molecule has 5 nitrogen and oxygen atoms in total. The zero-order valence-electron chi connectivity index (χ0n) is 14.6. The lowest BCUT2D eigenvalue weighted by Crippen LogP contribution is -2.12. The first-order valence-electron chi connectivity index (χ1n) is 8.45. The van der Waals surface area contributed by atoms with E-state index in [-0.39, 0.29) is 18.4 Å². The molecule has 2 aromatic carbocycles. The van der Waals surface area contributed by atoms with Gasteiger partial charge in [0.15, 0.2) is 0 Å². The quantitative estimate of drug-likeness (QED) is 0.614. The second-order valence-corrected chi connectivity index (χ2v) is 5.84. The number of carboxylic acid groups (broad SMARTS) is 1. The van der Waals surface area contributed by atoms with Crippen molar-refractivity contribution in [2.45, 2.75) is 18.8 Å². The number of carbonyl (C=O) groups is 2. The summed E-state index contributed by atoms with van der Waals surface area (Å²) >= 11 is 0. The first-order chi connectivity index (χ1) is 12.6. The van der Waals surface area contributed by atoms with E-state index in [0.717, 1.165) is 0 Å². The molecule has 0 atom stereocenters. The molecule has 0 spiro atoms. The van der Waals surface area contributed by atoms with Crippen molar-refractivity contribution >= 4 is 11.9 Å². The van der Waals surface area contributed by atoms with Crippen LogP contribution in [0, 0.1) is 0 Å². The van der Waals surface area contributed by atoms with E-state index in [2.05, 4.69) is 36.6 Å². The fourth-order valence-corrected chi connectivity index (χ4v) is 2.91. The van der Waals surface area contributed by atoms with Crippen LogP contribution in [0.2, 0.25) is 0 Å². The largest absolute Gasteiger partial charge is 0.480 e. The summed E-state index contributed by atoms with van der Waals surface area (Å²) in [7, 11) is 0. The van der Waals surface area contributed by atoms with Crippen molar-refractivity contribution in [3.8, 4) is 11.1 Å². The SMILES string of the molecule is C=CCCC(=O)OCC1c2ccccc2-c2ccccc21.NCC(=O)O. The number of fused-ring (bicyclic) bond motifs is 3. The molecule has 0 amide bonds. The molecule has 0 fully saturated rings. The van der Waals surface area contributed by atoms with E-state index in [1.54, 1.807) is 6.08 Å². The molecule has 0 bridgehead atoms. The molecule has 2 aromatic rings. The molecule has 0 heterocycles. The molecule has 0 aliphatic heterocycles. The fourth-order valence-electron chi connectivity index (χ4n) is 2.91. The van der Waals surface area contributed by atoms with Crippen LogP contribution in [0.25, 0.3) is 11.1 Å². The van der Waals surface area contributed by atoms with E-state index >= 15 is 0 Å². The Labute approximate surface area is 153 Å². The second kappa shape index (κ2) is 9.53. The molecule has 0 radical (unpaired) electrons. The lowest BCUT2D eigenvalue weighted by Gasteiger charge is -2.13. The van der Waals surface area contributed by atoms with Crippen LogP contribution in [0.15, 0.2) is 61.2 Å². The van der Waals surface area contributed by atoms with Crippen LogP contribution < -0.4 is 5.73 Å². The number of benzene rings is 2. The molecule has 136 valence electrons. The minimum atomic E-state index is -0.968. The zero-order chi connectivity index (χ0) is 18.9. The lowest BCUT2D eigenvalue weighted by molar-refractivity contribution is -0.143. The number of allylic oxidation sites excluding steroid dienone is 1. The van der Waals surface area contributed by atoms with Gasteiger partial charge in [0, 0.05) is 12.3 Å². The summed E-state index contributed by atoms with van der Waals surface area (Å²) in [5.41, 5.74) is 9.56. The van der Waals surface area contributed by atoms with Crippen LogP contribution in [-0.4, -0.2) is 30.2 Å². The summed E-state index contributed by atoms with van der Waals surface area (Å²) in [6.07, 6.45) is 2.80. The van der Waals surface area contributed by atoms with Gasteiger partial charge in [-0.05, 0) is 28.7 Å². The summed E-state index contributed by atoms with van der Waals surface area (Å²) in [6.45, 7) is 3.75. The predicted octanol–water partition coefficient (Wildman–Crippen LogP) is 3.34. The molecular formula is C21H23NO4. The first-order valence-corrected chi connectivity index (χ1v) is 8.45. The van der Waals surface area contributed by atoms with Crippen LogP contribution in [-0.2, 0) is 14.3 Å². The van der Waals surface area contributed by atoms with E-state index in [1.165, 1.54) is 22.3 Å². The Morgan fingerprint density at radius 3 is 2.04 bits per heavy atom. The van der Waals surface area contributed by atoms with Gasteiger partial charge in [0.05, 0.1) is 6.54 Å². The highest BCUT2D eigenvalue weighted by Gasteiger charge is 2.28. The van der Waals surface area contributed by atoms with Gasteiger partial charge in [0.2, 0.25) is 0 Å². The van der Waals surface area contributed by atoms with Crippen molar-refractivity contribution < 1.29 is 19.4 Å². The molecule has 3 rings (SSSR count). The molecule has 26 heavy (non-hydrogen) atoms. The Kier molecular flexibility index (Phi) is 7.12. The molecule has 0 saturated heterocycles. The Bertz CT molecular complexity index is 740. The molecule has 3 N–H and O–H groups in total. The van der Waals surface area contributed by atoms with Crippen LogP contribution in [0.1, 0.15) is 29.9 Å². The maximum Gasteiger partial charge on any atom is 0.317 e. The molecule has 0 unspecified atom stereocenters. The van der Waals surface area contributed by atoms with Gasteiger partial charge in [0.1, 0.15) is 6.61 Å². The molecule has 5 heteroatoms. The predicted molar refractivity (Wildman–Crippen MR) is 101 cm³/mol. The van der Waals surface area contributed by atoms with Crippen LogP contribution in [0.5, 0.6) is 0 Å². The van der Waals surface area contributed by atoms with Gasteiger partial charge in [0.25, 0.3) is 0 Å². The second-order valence-electron chi connectivity index (χ2n) is 5.84. The van der Waals surface area contributed by atoms with Crippen molar-refractivity contribution in [1.29, 1.82) is 0 Å². The highest BCUT2D eigenvalue weighted by atomic mass is 16.5. The maximum atomic E-state index is 11.7. The number of hydrogen-bond acceptors (Lipinski definition) is 4. The zero-order valence-corrected chi connectivity index (χ0v) is 14.6. The van der Waals surface area contributed by atoms with E-state index in [9.17, 15) is 9.59 Å². The number of ether oxygens (including phenoxy) is 1. The number of aliphatic carboxylic acids is 1. The van der Waals surface area contributed by atoms with E-state index in [1.807, 2.05) is 24.3 Å². The van der Waals surface area contributed by atoms with Crippen molar-refractivity contribution in [3.63, 3.8) is 0 Å². The Morgan fingerprint density at radius 1 is 1.08 bits per heavy atom. The van der Waals surface area contributed by atoms with E-state index in [0.29, 0.717) is 19.4 Å². The molecule has 1 aliphatic rings. The van der Waals surface area contributed by atoms with E-state index in [4.69, 9.17) is 9.84 Å². The van der Waals surface area contributed by atoms with Gasteiger partial charge in [-0.25, -0.2) is 0 Å². The smallest absolute Gasteiger partial charge is 0.317 e. The standard InChI is InChI=1S/C19H18O2.C2H5NO2/c1-2-3-12-19(20)21-13-18-16-10-6-4-8-14(16)15-9-5-7-11-17(15)18;3-1-2(4)5/h2,4-11,18H,1,3,12-13H2;1,3H2,(H,4,5). The molecule has 0 saturated carbocycles. The Hall–Kier alpha value is -2.92. The fraction of sp³-hybridized carbons (Fsp3) is 0.238. The maximum absolute atomic E-state index is 11.7. The van der Waals surface area contributed by atoms with Crippen LogP contribution in [0.4, 0.5) is 0 Å². The summed E-state index contributed by atoms with van der Waals surface area (Å²) in [6, 6.07) is 16.7. The van der Waals surface area contributed by atoms with Crippen molar-refractivity contribution in [2.75, 3.05) is 13.2 Å². The molecule has 1 aliphatic carbocycles. The van der Waals surface area contributed by atoms with Gasteiger partial charge in [-0.2, -0.15) is 0 Å². The highest BCUT2D eigenvalue weighted by Crippen LogP contribution is 2.44. The number of hydrogen-bond donors (Lipinski definition) is 2. The Morgan fingerprint density at radius 2 is 1.58 bits per heavy atom. The summed E-state index contributed by atoms with van der Waals surface area (Å²) < 4.78 is 5.46. The van der Waals surface area contributed by atoms with Gasteiger partial charge in [-0.15, -0.1) is 6.58 Å². The van der Waals surface area contributed by atoms with E-state index < -0.39 is 5.97 Å². The lowest BCUT2D eigenvalue weighted by atomic mass is 9.98. The average Bonchev–Trinajstić information content (AvgIpc) is 2.99. The third-order valence-corrected chi connectivity index (χ3v) is 4.10.